The molecule has 5 nitrogen and oxygen atoms in total. The van der Waals surface area contributed by atoms with E-state index in [0.717, 1.165) is 4.31 Å². The Balaban J connectivity index is 2.32. The van der Waals surface area contributed by atoms with Gasteiger partial charge in [0.1, 0.15) is 0 Å². The van der Waals surface area contributed by atoms with Crippen molar-refractivity contribution in [1.82, 2.24) is 4.31 Å². The van der Waals surface area contributed by atoms with E-state index in [1.54, 1.807) is 18.2 Å². The van der Waals surface area contributed by atoms with Crippen molar-refractivity contribution >= 4 is 15.8 Å². The lowest BCUT2D eigenvalue weighted by atomic mass is 10.3. The highest BCUT2D eigenvalue weighted by Crippen LogP contribution is 2.18. The molecule has 1 aliphatic rings. The maximum absolute atomic E-state index is 12.0. The second-order valence-corrected chi connectivity index (χ2v) is 5.62. The SMILES string of the molecule is NC1CN(S(=O)(=O)c2ccccc2)CC1=O. The van der Waals surface area contributed by atoms with Crippen molar-refractivity contribution in [2.24, 2.45) is 5.73 Å². The van der Waals surface area contributed by atoms with Gasteiger partial charge in [-0.25, -0.2) is 8.42 Å². The van der Waals surface area contributed by atoms with Gasteiger partial charge in [0.05, 0.1) is 17.5 Å². The van der Waals surface area contributed by atoms with Crippen LogP contribution in [0.2, 0.25) is 0 Å². The zero-order valence-corrected chi connectivity index (χ0v) is 9.35. The second-order valence-electron chi connectivity index (χ2n) is 3.68. The maximum atomic E-state index is 12.0. The van der Waals surface area contributed by atoms with Crippen LogP contribution in [0.3, 0.4) is 0 Å². The van der Waals surface area contributed by atoms with Gasteiger partial charge in [0.2, 0.25) is 10.0 Å². The number of carbonyl (C=O) groups is 1. The molecule has 1 fully saturated rings. The topological polar surface area (TPSA) is 80.5 Å². The monoisotopic (exact) mass is 240 g/mol. The number of benzene rings is 1. The Labute approximate surface area is 93.9 Å². The molecular formula is C10H12N2O3S. The minimum Gasteiger partial charge on any atom is -0.320 e. The molecule has 6 heteroatoms. The van der Waals surface area contributed by atoms with Gasteiger partial charge in [0.25, 0.3) is 0 Å². The molecule has 1 atom stereocenters. The van der Waals surface area contributed by atoms with Crippen LogP contribution in [0.1, 0.15) is 0 Å². The van der Waals surface area contributed by atoms with Gasteiger partial charge >= 0.3 is 0 Å². The lowest BCUT2D eigenvalue weighted by Crippen LogP contribution is -2.32. The molecular weight excluding hydrogens is 228 g/mol. The average Bonchev–Trinajstić information content (AvgIpc) is 2.61. The van der Waals surface area contributed by atoms with Crippen molar-refractivity contribution in [3.63, 3.8) is 0 Å². The van der Waals surface area contributed by atoms with Crippen LogP contribution in [0.25, 0.3) is 0 Å². The van der Waals surface area contributed by atoms with Crippen LogP contribution in [0, 0.1) is 0 Å². The van der Waals surface area contributed by atoms with Crippen molar-refractivity contribution in [2.75, 3.05) is 13.1 Å². The number of hydrogen-bond donors (Lipinski definition) is 1. The maximum Gasteiger partial charge on any atom is 0.243 e. The van der Waals surface area contributed by atoms with Crippen LogP contribution in [0.5, 0.6) is 0 Å². The number of sulfonamides is 1. The van der Waals surface area contributed by atoms with E-state index in [0.29, 0.717) is 0 Å². The summed E-state index contributed by atoms with van der Waals surface area (Å²) in [5.41, 5.74) is 5.49. The summed E-state index contributed by atoms with van der Waals surface area (Å²) in [4.78, 5) is 11.4. The Morgan fingerprint density at radius 3 is 2.38 bits per heavy atom. The Kier molecular flexibility index (Phi) is 2.79. The van der Waals surface area contributed by atoms with Crippen molar-refractivity contribution in [3.05, 3.63) is 30.3 Å². The van der Waals surface area contributed by atoms with Gasteiger partial charge in [-0.15, -0.1) is 0 Å². The number of nitrogens with zero attached hydrogens (tertiary/aromatic N) is 1. The molecule has 0 aromatic heterocycles. The third kappa shape index (κ3) is 1.87. The Hall–Kier alpha value is -1.24. The van der Waals surface area contributed by atoms with E-state index in [2.05, 4.69) is 0 Å². The van der Waals surface area contributed by atoms with Crippen LogP contribution in [0.15, 0.2) is 35.2 Å². The fourth-order valence-corrected chi connectivity index (χ4v) is 3.05. The van der Waals surface area contributed by atoms with E-state index in [9.17, 15) is 13.2 Å². The van der Waals surface area contributed by atoms with E-state index in [4.69, 9.17) is 5.73 Å². The molecule has 1 heterocycles. The molecule has 0 saturated carbocycles. The molecule has 1 saturated heterocycles. The average molecular weight is 240 g/mol. The number of nitrogens with two attached hydrogens (primary N) is 1. The summed E-state index contributed by atoms with van der Waals surface area (Å²) in [6.07, 6.45) is 0. The van der Waals surface area contributed by atoms with Gasteiger partial charge in [-0.3, -0.25) is 4.79 Å². The molecule has 0 radical (unpaired) electrons. The van der Waals surface area contributed by atoms with Crippen LogP contribution in [-0.2, 0) is 14.8 Å². The molecule has 86 valence electrons. The predicted octanol–water partition coefficient (Wildman–Crippen LogP) is -0.413. The molecule has 0 aliphatic carbocycles. The van der Waals surface area contributed by atoms with Gasteiger partial charge in [-0.2, -0.15) is 4.31 Å². The number of Topliss-reactive ketones (excluding diaryl/α,β-unsaturated/α-hetero) is 1. The highest BCUT2D eigenvalue weighted by atomic mass is 32.2. The zero-order valence-electron chi connectivity index (χ0n) is 8.54. The molecule has 0 amide bonds. The van der Waals surface area contributed by atoms with E-state index in [1.165, 1.54) is 12.1 Å². The minimum absolute atomic E-state index is 0.0655. The molecule has 1 unspecified atom stereocenters. The summed E-state index contributed by atoms with van der Waals surface area (Å²) < 4.78 is 25.2. The smallest absolute Gasteiger partial charge is 0.243 e. The number of carbonyl (C=O) groups excluding carboxylic acids is 1. The van der Waals surface area contributed by atoms with Crippen molar-refractivity contribution < 1.29 is 13.2 Å². The largest absolute Gasteiger partial charge is 0.320 e. The van der Waals surface area contributed by atoms with Crippen LogP contribution >= 0.6 is 0 Å². The molecule has 0 spiro atoms. The molecule has 2 N–H and O–H groups in total. The third-order valence-corrected chi connectivity index (χ3v) is 4.35. The number of hydrogen-bond acceptors (Lipinski definition) is 4. The summed E-state index contributed by atoms with van der Waals surface area (Å²) in [6, 6.07) is 7.33. The summed E-state index contributed by atoms with van der Waals surface area (Å²) in [5.74, 6) is -0.237. The van der Waals surface area contributed by atoms with Gasteiger partial charge in [0, 0.05) is 6.54 Å². The van der Waals surface area contributed by atoms with Crippen LogP contribution < -0.4 is 5.73 Å². The Bertz CT molecular complexity index is 498. The summed E-state index contributed by atoms with van der Waals surface area (Å²) in [5, 5.41) is 0. The highest BCUT2D eigenvalue weighted by molar-refractivity contribution is 7.89. The third-order valence-electron chi connectivity index (χ3n) is 2.53. The summed E-state index contributed by atoms with van der Waals surface area (Å²) in [7, 11) is -3.57. The lowest BCUT2D eigenvalue weighted by molar-refractivity contribution is -0.117. The first-order chi connectivity index (χ1) is 7.51. The Morgan fingerprint density at radius 1 is 1.25 bits per heavy atom. The molecule has 1 aromatic rings. The summed E-state index contributed by atoms with van der Waals surface area (Å²) in [6.45, 7) is -0.0611. The van der Waals surface area contributed by atoms with Gasteiger partial charge in [-0.05, 0) is 12.1 Å². The quantitative estimate of drug-likeness (QED) is 0.762. The van der Waals surface area contributed by atoms with E-state index < -0.39 is 16.1 Å². The second kappa shape index (κ2) is 3.97. The van der Waals surface area contributed by atoms with Crippen molar-refractivity contribution in [3.8, 4) is 0 Å². The van der Waals surface area contributed by atoms with E-state index in [1.807, 2.05) is 0 Å². The zero-order chi connectivity index (χ0) is 11.8. The molecule has 1 aliphatic heterocycles. The Morgan fingerprint density at radius 2 is 1.88 bits per heavy atom. The first kappa shape index (κ1) is 11.3. The van der Waals surface area contributed by atoms with Crippen molar-refractivity contribution in [2.45, 2.75) is 10.9 Å². The molecule has 0 bridgehead atoms. The van der Waals surface area contributed by atoms with Gasteiger partial charge < -0.3 is 5.73 Å². The first-order valence-electron chi connectivity index (χ1n) is 4.85. The number of rotatable bonds is 2. The van der Waals surface area contributed by atoms with E-state index >= 15 is 0 Å². The fourth-order valence-electron chi connectivity index (χ4n) is 1.60. The summed E-state index contributed by atoms with van der Waals surface area (Å²) >= 11 is 0. The first-order valence-corrected chi connectivity index (χ1v) is 6.29. The van der Waals surface area contributed by atoms with Crippen LogP contribution in [-0.4, -0.2) is 37.6 Å². The standard InChI is InChI=1S/C10H12N2O3S/c11-9-6-12(7-10(9)13)16(14,15)8-4-2-1-3-5-8/h1-5,9H,6-7,11H2. The molecule has 16 heavy (non-hydrogen) atoms. The van der Waals surface area contributed by atoms with Gasteiger partial charge in [-0.1, -0.05) is 18.2 Å². The fraction of sp³-hybridized carbons (Fsp3) is 0.300. The van der Waals surface area contributed by atoms with E-state index in [-0.39, 0.29) is 23.8 Å². The normalized spacial score (nSPS) is 22.6. The number of ketones is 1. The predicted molar refractivity (Wildman–Crippen MR) is 58.2 cm³/mol. The lowest BCUT2D eigenvalue weighted by Gasteiger charge is -2.14. The molecule has 2 rings (SSSR count). The highest BCUT2D eigenvalue weighted by Gasteiger charge is 2.36. The van der Waals surface area contributed by atoms with Gasteiger partial charge in [0.15, 0.2) is 5.78 Å². The van der Waals surface area contributed by atoms with Crippen LogP contribution in [0.4, 0.5) is 0 Å². The van der Waals surface area contributed by atoms with Crippen molar-refractivity contribution in [1.29, 1.82) is 0 Å². The minimum atomic E-state index is -3.57. The molecule has 1 aromatic carbocycles.